The second-order valence-corrected chi connectivity index (χ2v) is 14.5. The first kappa shape index (κ1) is 36.0. The van der Waals surface area contributed by atoms with Crippen molar-refractivity contribution in [2.75, 3.05) is 10.8 Å². The third-order valence-electron chi connectivity index (χ3n) is 8.17. The predicted octanol–water partition coefficient (Wildman–Crippen LogP) is 7.67. The quantitative estimate of drug-likeness (QED) is 0.156. The van der Waals surface area contributed by atoms with E-state index in [1.165, 1.54) is 17.0 Å². The highest BCUT2D eigenvalue weighted by Crippen LogP contribution is 2.30. The average molecular weight is 695 g/mol. The number of benzene rings is 4. The minimum Gasteiger partial charge on any atom is -0.352 e. The second-order valence-electron chi connectivity index (χ2n) is 11.9. The van der Waals surface area contributed by atoms with E-state index < -0.39 is 28.5 Å². The Balaban J connectivity index is 1.87. The number of hydrogen-bond acceptors (Lipinski definition) is 4. The number of aryl methyl sites for hydroxylation is 3. The van der Waals surface area contributed by atoms with Crippen LogP contribution in [0.1, 0.15) is 48.1 Å². The maximum Gasteiger partial charge on any atom is 0.264 e. The molecule has 248 valence electrons. The maximum absolute atomic E-state index is 14.7. The molecular formula is C37H41Cl2N3O4S. The van der Waals surface area contributed by atoms with Crippen LogP contribution in [-0.4, -0.2) is 43.8 Å². The molecule has 0 unspecified atom stereocenters. The van der Waals surface area contributed by atoms with Gasteiger partial charge in [-0.05, 0) is 75.6 Å². The molecule has 2 amide bonds. The summed E-state index contributed by atoms with van der Waals surface area (Å²) in [4.78, 5) is 30.2. The molecule has 0 aliphatic heterocycles. The highest BCUT2D eigenvalue weighted by atomic mass is 35.5. The molecule has 7 nitrogen and oxygen atoms in total. The Kier molecular flexibility index (Phi) is 12.1. The van der Waals surface area contributed by atoms with Crippen LogP contribution >= 0.6 is 23.2 Å². The Morgan fingerprint density at radius 3 is 2.04 bits per heavy atom. The van der Waals surface area contributed by atoms with Crippen molar-refractivity contribution in [2.45, 2.75) is 71.0 Å². The number of nitrogens with zero attached hydrogens (tertiary/aromatic N) is 2. The van der Waals surface area contributed by atoms with Gasteiger partial charge in [0.15, 0.2) is 0 Å². The molecule has 2 atom stereocenters. The van der Waals surface area contributed by atoms with Gasteiger partial charge < -0.3 is 10.2 Å². The molecule has 0 saturated carbocycles. The van der Waals surface area contributed by atoms with E-state index in [2.05, 4.69) is 5.32 Å². The van der Waals surface area contributed by atoms with Crippen molar-refractivity contribution in [3.8, 4) is 0 Å². The average Bonchev–Trinajstić information content (AvgIpc) is 3.03. The first-order chi connectivity index (χ1) is 22.3. The zero-order chi connectivity index (χ0) is 34.3. The lowest BCUT2D eigenvalue weighted by Gasteiger charge is -2.35. The second kappa shape index (κ2) is 15.8. The third-order valence-corrected chi connectivity index (χ3v) is 10.7. The molecule has 0 saturated heterocycles. The van der Waals surface area contributed by atoms with Gasteiger partial charge in [-0.3, -0.25) is 13.9 Å². The van der Waals surface area contributed by atoms with Crippen LogP contribution < -0.4 is 9.62 Å². The topological polar surface area (TPSA) is 86.8 Å². The molecular weight excluding hydrogens is 653 g/mol. The van der Waals surface area contributed by atoms with Crippen LogP contribution in [0.15, 0.2) is 95.9 Å². The fourth-order valence-electron chi connectivity index (χ4n) is 5.28. The van der Waals surface area contributed by atoms with Crippen LogP contribution in [0.2, 0.25) is 10.0 Å². The highest BCUT2D eigenvalue weighted by molar-refractivity contribution is 7.92. The van der Waals surface area contributed by atoms with Gasteiger partial charge in [-0.25, -0.2) is 8.42 Å². The van der Waals surface area contributed by atoms with E-state index in [4.69, 9.17) is 23.2 Å². The fourth-order valence-corrected chi connectivity index (χ4v) is 7.28. The first-order valence-electron chi connectivity index (χ1n) is 15.5. The summed E-state index contributed by atoms with van der Waals surface area (Å²) in [6.07, 6.45) is 0.870. The molecule has 0 aliphatic carbocycles. The lowest BCUT2D eigenvalue weighted by atomic mass is 10.0. The van der Waals surface area contributed by atoms with Crippen LogP contribution in [0.4, 0.5) is 5.69 Å². The van der Waals surface area contributed by atoms with Crippen molar-refractivity contribution in [2.24, 2.45) is 0 Å². The van der Waals surface area contributed by atoms with Crippen molar-refractivity contribution in [1.29, 1.82) is 0 Å². The minimum absolute atomic E-state index is 0.0481. The minimum atomic E-state index is -4.22. The summed E-state index contributed by atoms with van der Waals surface area (Å²) < 4.78 is 29.8. The number of halogens is 2. The Morgan fingerprint density at radius 1 is 0.830 bits per heavy atom. The molecule has 0 aliphatic rings. The molecule has 1 N–H and O–H groups in total. The number of rotatable bonds is 13. The number of carbonyl (C=O) groups excluding carboxylic acids is 2. The van der Waals surface area contributed by atoms with Gasteiger partial charge in [-0.1, -0.05) is 102 Å². The molecule has 0 spiro atoms. The van der Waals surface area contributed by atoms with Crippen molar-refractivity contribution in [3.63, 3.8) is 0 Å². The van der Waals surface area contributed by atoms with Gasteiger partial charge in [0, 0.05) is 34.6 Å². The Labute approximate surface area is 288 Å². The normalized spacial score (nSPS) is 12.7. The zero-order valence-corrected chi connectivity index (χ0v) is 29.7. The van der Waals surface area contributed by atoms with Gasteiger partial charge in [-0.15, -0.1) is 0 Å². The monoisotopic (exact) mass is 693 g/mol. The summed E-state index contributed by atoms with van der Waals surface area (Å²) in [6.45, 7) is 8.77. The number of amides is 2. The zero-order valence-electron chi connectivity index (χ0n) is 27.3. The van der Waals surface area contributed by atoms with Gasteiger partial charge in [0.05, 0.1) is 10.6 Å². The Bertz CT molecular complexity index is 1800. The molecule has 0 bridgehead atoms. The molecule has 0 radical (unpaired) electrons. The van der Waals surface area contributed by atoms with Crippen molar-refractivity contribution < 1.29 is 18.0 Å². The van der Waals surface area contributed by atoms with E-state index in [1.807, 2.05) is 77.1 Å². The maximum atomic E-state index is 14.7. The SMILES string of the molecule is CC[C@@H](C)NC(=O)[C@H](Cc1ccccc1)N(Cc1c(Cl)cccc1Cl)C(=O)CN(c1ccc(C)cc1C)S(=O)(=O)c1ccc(C)cc1. The van der Waals surface area contributed by atoms with Crippen molar-refractivity contribution in [3.05, 3.63) is 129 Å². The van der Waals surface area contributed by atoms with Gasteiger partial charge in [0.1, 0.15) is 12.6 Å². The standard InChI is InChI=1S/C37H41Cl2N3O4S/c1-6-28(5)40-37(44)35(22-29-11-8-7-9-12-29)41(23-31-32(38)13-10-14-33(31)39)36(43)24-42(34-20-17-26(3)21-27(34)4)47(45,46)30-18-15-25(2)16-19-30/h7-21,28,35H,6,22-24H2,1-5H3,(H,40,44)/t28-,35+/m1/s1. The third kappa shape index (κ3) is 8.95. The number of carbonyl (C=O) groups is 2. The van der Waals surface area contributed by atoms with Gasteiger partial charge in [0.25, 0.3) is 10.0 Å². The van der Waals surface area contributed by atoms with E-state index >= 15 is 0 Å². The molecule has 0 aromatic heterocycles. The fraction of sp³-hybridized carbons (Fsp3) is 0.297. The van der Waals surface area contributed by atoms with E-state index in [0.29, 0.717) is 33.3 Å². The number of anilines is 1. The van der Waals surface area contributed by atoms with E-state index in [1.54, 1.807) is 36.4 Å². The van der Waals surface area contributed by atoms with Crippen LogP contribution in [0.25, 0.3) is 0 Å². The highest BCUT2D eigenvalue weighted by Gasteiger charge is 2.36. The number of nitrogens with one attached hydrogen (secondary N) is 1. The summed E-state index contributed by atoms with van der Waals surface area (Å²) in [5, 5.41) is 3.69. The van der Waals surface area contributed by atoms with Crippen LogP contribution in [0, 0.1) is 20.8 Å². The van der Waals surface area contributed by atoms with Crippen LogP contribution in [0.5, 0.6) is 0 Å². The van der Waals surface area contributed by atoms with E-state index in [-0.39, 0.29) is 29.8 Å². The number of sulfonamides is 1. The summed E-state index contributed by atoms with van der Waals surface area (Å²) >= 11 is 13.2. The van der Waals surface area contributed by atoms with Gasteiger partial charge in [0.2, 0.25) is 11.8 Å². The molecule has 4 aromatic carbocycles. The van der Waals surface area contributed by atoms with Gasteiger partial charge >= 0.3 is 0 Å². The smallest absolute Gasteiger partial charge is 0.264 e. The predicted molar refractivity (Wildman–Crippen MR) is 190 cm³/mol. The first-order valence-corrected chi connectivity index (χ1v) is 17.7. The largest absolute Gasteiger partial charge is 0.352 e. The van der Waals surface area contributed by atoms with E-state index in [9.17, 15) is 18.0 Å². The lowest BCUT2D eigenvalue weighted by molar-refractivity contribution is -0.140. The molecule has 47 heavy (non-hydrogen) atoms. The summed E-state index contributed by atoms with van der Waals surface area (Å²) in [7, 11) is -4.22. The summed E-state index contributed by atoms with van der Waals surface area (Å²) in [5.74, 6) is -0.948. The summed E-state index contributed by atoms with van der Waals surface area (Å²) in [5.41, 5.74) is 4.19. The van der Waals surface area contributed by atoms with Gasteiger partial charge in [-0.2, -0.15) is 0 Å². The Hall–Kier alpha value is -3.85. The summed E-state index contributed by atoms with van der Waals surface area (Å²) in [6, 6.07) is 25.1. The molecule has 4 rings (SSSR count). The number of hydrogen-bond donors (Lipinski definition) is 1. The molecule has 0 heterocycles. The Morgan fingerprint density at radius 2 is 1.45 bits per heavy atom. The van der Waals surface area contributed by atoms with E-state index in [0.717, 1.165) is 21.0 Å². The van der Waals surface area contributed by atoms with Crippen LogP contribution in [0.3, 0.4) is 0 Å². The lowest BCUT2D eigenvalue weighted by Crippen LogP contribution is -2.54. The molecule has 0 fully saturated rings. The van der Waals surface area contributed by atoms with Crippen LogP contribution in [-0.2, 0) is 32.6 Å². The van der Waals surface area contributed by atoms with Crippen molar-refractivity contribution in [1.82, 2.24) is 10.2 Å². The van der Waals surface area contributed by atoms with Crippen molar-refractivity contribution >= 4 is 50.7 Å². The molecule has 10 heteroatoms. The molecule has 4 aromatic rings.